The third kappa shape index (κ3) is 4.20. The number of ether oxygens (including phenoxy) is 4. The molecule has 7 heteroatoms. The summed E-state index contributed by atoms with van der Waals surface area (Å²) in [6.45, 7) is 15.5. The van der Waals surface area contributed by atoms with Gasteiger partial charge in [0, 0.05) is 24.8 Å². The Morgan fingerprint density at radius 3 is 2.49 bits per heavy atom. The molecule has 2 bridgehead atoms. The predicted octanol–water partition coefficient (Wildman–Crippen LogP) is 5.01. The largest absolute Gasteiger partial charge is 0.462 e. The standard InChI is InChI=1S/C30H44O7/c1-19-7-10-22(26(2,3)23(19)12-9-21-14-16-34-24(21)31)11-8-20-13-15-30(35-17-20)28(6)18-29(33,25(32)36-30)27(4,5)37-28/h9,20,22-23,33H,1,7-8,10-18H2,2-6H3/b21-9-/t20-,22-,23-,28-,29-,30-/m0/s1. The van der Waals surface area contributed by atoms with Crippen molar-refractivity contribution in [2.24, 2.45) is 23.2 Å². The molecule has 4 heterocycles. The minimum absolute atomic E-state index is 0.0890. The molecule has 0 amide bonds. The van der Waals surface area contributed by atoms with Gasteiger partial charge < -0.3 is 24.1 Å². The number of aliphatic hydroxyl groups is 1. The Kier molecular flexibility index (Phi) is 6.48. The summed E-state index contributed by atoms with van der Waals surface area (Å²) >= 11 is 0. The zero-order valence-corrected chi connectivity index (χ0v) is 23.2. The molecule has 0 unspecified atom stereocenters. The number of rotatable bonds is 5. The van der Waals surface area contributed by atoms with Gasteiger partial charge >= 0.3 is 11.9 Å². The van der Waals surface area contributed by atoms with Crippen LogP contribution in [0.1, 0.15) is 92.4 Å². The van der Waals surface area contributed by atoms with Crippen molar-refractivity contribution in [3.05, 3.63) is 23.8 Å². The van der Waals surface area contributed by atoms with E-state index >= 15 is 0 Å². The maximum atomic E-state index is 12.8. The monoisotopic (exact) mass is 516 g/mol. The SMILES string of the molecule is C=C1CC[C@@H](CC[C@H]2CC[C@]3(OC2)OC(=O)[C@@]2(O)C[C@]3(C)OC2(C)C)C(C)(C)[C@H]1C/C=C1/CCOC1=O. The Hall–Kier alpha value is -1.70. The lowest BCUT2D eigenvalue weighted by Gasteiger charge is -2.50. The summed E-state index contributed by atoms with van der Waals surface area (Å²) in [6.07, 6.45) is 9.61. The first-order valence-electron chi connectivity index (χ1n) is 14.1. The third-order valence-electron chi connectivity index (χ3n) is 10.6. The van der Waals surface area contributed by atoms with Crippen LogP contribution < -0.4 is 0 Å². The predicted molar refractivity (Wildman–Crippen MR) is 137 cm³/mol. The van der Waals surface area contributed by atoms with Crippen molar-refractivity contribution < 1.29 is 33.6 Å². The van der Waals surface area contributed by atoms with Crippen molar-refractivity contribution in [3.63, 3.8) is 0 Å². The van der Waals surface area contributed by atoms with Crippen molar-refractivity contribution in [3.8, 4) is 0 Å². The fourth-order valence-corrected chi connectivity index (χ4v) is 7.82. The van der Waals surface area contributed by atoms with Gasteiger partial charge in [-0.25, -0.2) is 9.59 Å². The molecular formula is C30H44O7. The molecule has 5 aliphatic rings. The number of carbonyl (C=O) groups is 2. The van der Waals surface area contributed by atoms with Crippen LogP contribution in [0.5, 0.6) is 0 Å². The molecule has 7 nitrogen and oxygen atoms in total. The maximum Gasteiger partial charge on any atom is 0.343 e. The van der Waals surface area contributed by atoms with Crippen LogP contribution in [0.25, 0.3) is 0 Å². The zero-order valence-electron chi connectivity index (χ0n) is 23.2. The van der Waals surface area contributed by atoms with Gasteiger partial charge in [0.05, 0.1) is 13.2 Å². The van der Waals surface area contributed by atoms with Crippen LogP contribution in [-0.2, 0) is 28.5 Å². The summed E-state index contributed by atoms with van der Waals surface area (Å²) in [6, 6.07) is 0. The van der Waals surface area contributed by atoms with Gasteiger partial charge in [-0.05, 0) is 82.5 Å². The molecule has 0 aromatic heterocycles. The van der Waals surface area contributed by atoms with Crippen molar-refractivity contribution >= 4 is 11.9 Å². The molecule has 1 saturated carbocycles. The van der Waals surface area contributed by atoms with Crippen LogP contribution in [0.3, 0.4) is 0 Å². The van der Waals surface area contributed by atoms with Crippen LogP contribution in [-0.4, -0.2) is 52.8 Å². The smallest absolute Gasteiger partial charge is 0.343 e. The van der Waals surface area contributed by atoms with Crippen LogP contribution >= 0.6 is 0 Å². The highest BCUT2D eigenvalue weighted by atomic mass is 16.8. The number of fused-ring (bicyclic) bond motifs is 3. The molecule has 0 aromatic carbocycles. The van der Waals surface area contributed by atoms with Crippen molar-refractivity contribution in [1.82, 2.24) is 0 Å². The number of hydrogen-bond donors (Lipinski definition) is 1. The summed E-state index contributed by atoms with van der Waals surface area (Å²) < 4.78 is 23.6. The van der Waals surface area contributed by atoms with Gasteiger partial charge in [0.1, 0.15) is 11.2 Å². The van der Waals surface area contributed by atoms with E-state index in [0.717, 1.165) is 44.1 Å². The molecule has 0 aromatic rings. The molecule has 37 heavy (non-hydrogen) atoms. The summed E-state index contributed by atoms with van der Waals surface area (Å²) in [5, 5.41) is 11.0. The number of hydrogen-bond acceptors (Lipinski definition) is 7. The van der Waals surface area contributed by atoms with E-state index in [2.05, 4.69) is 26.5 Å². The summed E-state index contributed by atoms with van der Waals surface area (Å²) in [5.41, 5.74) is -1.35. The average molecular weight is 517 g/mol. The van der Waals surface area contributed by atoms with E-state index in [4.69, 9.17) is 18.9 Å². The number of esters is 2. The normalized spacial score (nSPS) is 43.8. The fraction of sp³-hybridized carbons (Fsp3) is 0.800. The second kappa shape index (κ2) is 8.92. The van der Waals surface area contributed by atoms with Crippen LogP contribution in [0.2, 0.25) is 0 Å². The van der Waals surface area contributed by atoms with E-state index in [1.165, 1.54) is 5.57 Å². The molecule has 1 spiro atoms. The Labute approximate surface area is 220 Å². The van der Waals surface area contributed by atoms with Crippen molar-refractivity contribution in [2.45, 2.75) is 115 Å². The second-order valence-corrected chi connectivity index (χ2v) is 13.4. The fourth-order valence-electron chi connectivity index (χ4n) is 7.82. The first kappa shape index (κ1) is 26.9. The number of cyclic esters (lactones) is 1. The molecule has 4 saturated heterocycles. The highest BCUT2D eigenvalue weighted by Crippen LogP contribution is 2.58. The second-order valence-electron chi connectivity index (χ2n) is 13.4. The first-order chi connectivity index (χ1) is 17.2. The van der Waals surface area contributed by atoms with Gasteiger partial charge in [0.25, 0.3) is 0 Å². The van der Waals surface area contributed by atoms with Crippen LogP contribution in [0, 0.1) is 23.2 Å². The lowest BCUT2D eigenvalue weighted by Crippen LogP contribution is -2.65. The highest BCUT2D eigenvalue weighted by Gasteiger charge is 2.75. The average Bonchev–Trinajstić information content (AvgIpc) is 3.29. The summed E-state index contributed by atoms with van der Waals surface area (Å²) in [7, 11) is 0. The Morgan fingerprint density at radius 2 is 1.84 bits per heavy atom. The van der Waals surface area contributed by atoms with Crippen molar-refractivity contribution in [2.75, 3.05) is 13.2 Å². The van der Waals surface area contributed by atoms with Crippen molar-refractivity contribution in [1.29, 1.82) is 0 Å². The van der Waals surface area contributed by atoms with Gasteiger partial charge in [0.2, 0.25) is 5.79 Å². The zero-order chi connectivity index (χ0) is 26.9. The summed E-state index contributed by atoms with van der Waals surface area (Å²) in [5.74, 6) is -0.643. The van der Waals surface area contributed by atoms with Gasteiger partial charge in [-0.3, -0.25) is 0 Å². The Morgan fingerprint density at radius 1 is 1.08 bits per heavy atom. The number of carbonyl (C=O) groups excluding carboxylic acids is 2. The molecular weight excluding hydrogens is 472 g/mol. The summed E-state index contributed by atoms with van der Waals surface area (Å²) in [4.78, 5) is 24.7. The lowest BCUT2D eigenvalue weighted by molar-refractivity contribution is -0.334. The maximum absolute atomic E-state index is 12.8. The van der Waals surface area contributed by atoms with Gasteiger partial charge in [0.15, 0.2) is 5.60 Å². The van der Waals surface area contributed by atoms with E-state index in [-0.39, 0.29) is 17.8 Å². The van der Waals surface area contributed by atoms with E-state index in [1.807, 2.05) is 6.92 Å². The van der Waals surface area contributed by atoms with Crippen LogP contribution in [0.15, 0.2) is 23.8 Å². The van der Waals surface area contributed by atoms with E-state index in [1.54, 1.807) is 13.8 Å². The van der Waals surface area contributed by atoms with Gasteiger partial charge in [-0.15, -0.1) is 0 Å². The van der Waals surface area contributed by atoms with Gasteiger partial charge in [-0.2, -0.15) is 0 Å². The number of allylic oxidation sites excluding steroid dienone is 2. The molecule has 0 radical (unpaired) electrons. The molecule has 4 aliphatic heterocycles. The quantitative estimate of drug-likeness (QED) is 0.312. The molecule has 1 N–H and O–H groups in total. The minimum atomic E-state index is -1.64. The minimum Gasteiger partial charge on any atom is -0.462 e. The third-order valence-corrected chi connectivity index (χ3v) is 10.6. The Balaban J connectivity index is 1.19. The van der Waals surface area contributed by atoms with Gasteiger partial charge in [-0.1, -0.05) is 32.1 Å². The molecule has 6 atom stereocenters. The van der Waals surface area contributed by atoms with E-state index < -0.39 is 28.6 Å². The van der Waals surface area contributed by atoms with E-state index in [0.29, 0.717) is 43.8 Å². The molecule has 5 fully saturated rings. The molecule has 1 aliphatic carbocycles. The molecule has 5 rings (SSSR count). The topological polar surface area (TPSA) is 91.3 Å². The molecule has 206 valence electrons. The Bertz CT molecular complexity index is 1000. The highest BCUT2D eigenvalue weighted by molar-refractivity contribution is 5.90. The van der Waals surface area contributed by atoms with E-state index in [9.17, 15) is 14.7 Å². The first-order valence-corrected chi connectivity index (χ1v) is 14.1. The van der Waals surface area contributed by atoms with Crippen LogP contribution in [0.4, 0.5) is 0 Å². The lowest BCUT2D eigenvalue weighted by atomic mass is 9.58.